The Labute approximate surface area is 122 Å². The number of aromatic carboxylic acids is 1. The van der Waals surface area contributed by atoms with Gasteiger partial charge in [0.1, 0.15) is 17.2 Å². The van der Waals surface area contributed by atoms with Gasteiger partial charge in [0.2, 0.25) is 0 Å². The molecule has 1 aromatic heterocycles. The molecule has 0 aliphatic heterocycles. The van der Waals surface area contributed by atoms with Crippen molar-refractivity contribution in [2.45, 2.75) is 20.3 Å². The maximum atomic E-state index is 13.5. The lowest BCUT2D eigenvalue weighted by molar-refractivity contribution is 0.0697. The van der Waals surface area contributed by atoms with E-state index in [1.165, 1.54) is 6.07 Å². The van der Waals surface area contributed by atoms with Crippen molar-refractivity contribution < 1.29 is 14.3 Å². The number of pyridine rings is 1. The molecule has 2 aromatic rings. The minimum absolute atomic E-state index is 0.161. The number of nitrogens with one attached hydrogen (secondary N) is 1. The Morgan fingerprint density at radius 2 is 2.05 bits per heavy atom. The normalized spacial score (nSPS) is 10.4. The summed E-state index contributed by atoms with van der Waals surface area (Å²) in [5.41, 5.74) is 2.15. The largest absolute Gasteiger partial charge is 0.478 e. The molecule has 0 radical (unpaired) electrons. The van der Waals surface area contributed by atoms with E-state index in [0.29, 0.717) is 29.9 Å². The lowest BCUT2D eigenvalue weighted by Gasteiger charge is -2.12. The third-order valence-corrected chi connectivity index (χ3v) is 3.20. The Balaban J connectivity index is 2.13. The minimum atomic E-state index is -1.02. The number of aryl methyl sites for hydroxylation is 2. The molecule has 0 saturated carbocycles. The topological polar surface area (TPSA) is 62.2 Å². The summed E-state index contributed by atoms with van der Waals surface area (Å²) in [5.74, 6) is -0.948. The van der Waals surface area contributed by atoms with E-state index in [2.05, 4.69) is 10.3 Å². The molecular formula is C16H17FN2O2. The molecule has 0 aliphatic carbocycles. The molecule has 1 aromatic carbocycles. The molecule has 21 heavy (non-hydrogen) atoms. The highest BCUT2D eigenvalue weighted by atomic mass is 19.1. The van der Waals surface area contributed by atoms with Crippen molar-refractivity contribution in [1.82, 2.24) is 4.98 Å². The van der Waals surface area contributed by atoms with Crippen molar-refractivity contribution in [2.24, 2.45) is 0 Å². The van der Waals surface area contributed by atoms with E-state index in [9.17, 15) is 14.3 Å². The maximum absolute atomic E-state index is 13.5. The number of carboxylic acid groups (broad SMARTS) is 1. The summed E-state index contributed by atoms with van der Waals surface area (Å²) < 4.78 is 13.5. The highest BCUT2D eigenvalue weighted by Gasteiger charge is 2.15. The van der Waals surface area contributed by atoms with E-state index in [1.54, 1.807) is 38.1 Å². The third kappa shape index (κ3) is 3.56. The summed E-state index contributed by atoms with van der Waals surface area (Å²) >= 11 is 0. The molecule has 4 nitrogen and oxygen atoms in total. The summed E-state index contributed by atoms with van der Waals surface area (Å²) in [7, 11) is 0. The van der Waals surface area contributed by atoms with E-state index < -0.39 is 5.97 Å². The molecule has 0 spiro atoms. The van der Waals surface area contributed by atoms with Gasteiger partial charge in [0.05, 0.1) is 0 Å². The zero-order chi connectivity index (χ0) is 15.4. The van der Waals surface area contributed by atoms with Gasteiger partial charge >= 0.3 is 5.97 Å². The molecule has 0 amide bonds. The van der Waals surface area contributed by atoms with Crippen molar-refractivity contribution in [2.75, 3.05) is 11.9 Å². The van der Waals surface area contributed by atoms with Crippen LogP contribution in [0.1, 0.15) is 27.2 Å². The van der Waals surface area contributed by atoms with Crippen molar-refractivity contribution in [3.05, 3.63) is 58.5 Å². The van der Waals surface area contributed by atoms with Gasteiger partial charge in [-0.05, 0) is 43.5 Å². The number of hydrogen-bond acceptors (Lipinski definition) is 3. The Morgan fingerprint density at radius 1 is 1.33 bits per heavy atom. The average molecular weight is 288 g/mol. The van der Waals surface area contributed by atoms with Crippen molar-refractivity contribution in [3.8, 4) is 0 Å². The van der Waals surface area contributed by atoms with Gasteiger partial charge in [0.15, 0.2) is 0 Å². The summed E-state index contributed by atoms with van der Waals surface area (Å²) in [6, 6.07) is 8.26. The van der Waals surface area contributed by atoms with Crippen LogP contribution in [0.5, 0.6) is 0 Å². The molecule has 0 bridgehead atoms. The average Bonchev–Trinajstić information content (AvgIpc) is 2.39. The molecule has 0 fully saturated rings. The van der Waals surface area contributed by atoms with Crippen molar-refractivity contribution in [1.29, 1.82) is 0 Å². The Bertz CT molecular complexity index is 671. The number of carbonyl (C=O) groups is 1. The lowest BCUT2D eigenvalue weighted by atomic mass is 10.1. The number of aromatic nitrogens is 1. The van der Waals surface area contributed by atoms with Gasteiger partial charge in [0.25, 0.3) is 0 Å². The third-order valence-electron chi connectivity index (χ3n) is 3.20. The number of anilines is 1. The lowest BCUT2D eigenvalue weighted by Crippen LogP contribution is -2.13. The van der Waals surface area contributed by atoms with E-state index in [4.69, 9.17) is 0 Å². The fourth-order valence-corrected chi connectivity index (χ4v) is 2.25. The van der Waals surface area contributed by atoms with Gasteiger partial charge in [-0.15, -0.1) is 0 Å². The van der Waals surface area contributed by atoms with Crippen LogP contribution in [0, 0.1) is 19.7 Å². The molecular weight excluding hydrogens is 271 g/mol. The van der Waals surface area contributed by atoms with Crippen LogP contribution >= 0.6 is 0 Å². The number of hydrogen-bond donors (Lipinski definition) is 2. The molecule has 5 heteroatoms. The van der Waals surface area contributed by atoms with Crippen LogP contribution < -0.4 is 5.32 Å². The van der Waals surface area contributed by atoms with E-state index in [1.807, 2.05) is 0 Å². The van der Waals surface area contributed by atoms with Gasteiger partial charge in [-0.3, -0.25) is 0 Å². The second-order valence-electron chi connectivity index (χ2n) is 4.88. The first-order valence-corrected chi connectivity index (χ1v) is 6.68. The zero-order valence-electron chi connectivity index (χ0n) is 12.0. The Morgan fingerprint density at radius 3 is 2.71 bits per heavy atom. The molecule has 0 unspecified atom stereocenters. The van der Waals surface area contributed by atoms with Crippen LogP contribution in [0.2, 0.25) is 0 Å². The minimum Gasteiger partial charge on any atom is -0.478 e. The molecule has 2 rings (SSSR count). The van der Waals surface area contributed by atoms with Gasteiger partial charge < -0.3 is 10.4 Å². The van der Waals surface area contributed by atoms with Gasteiger partial charge in [-0.2, -0.15) is 0 Å². The van der Waals surface area contributed by atoms with Gasteiger partial charge in [0, 0.05) is 12.2 Å². The standard InChI is InChI=1S/C16H17FN2O2/c1-10-9-11(2)19-15(14(10)16(20)21)18-8-7-12-5-3-4-6-13(12)17/h3-6,9H,7-8H2,1-2H3,(H,18,19)(H,20,21). The van der Waals surface area contributed by atoms with E-state index in [0.717, 1.165) is 5.69 Å². The van der Waals surface area contributed by atoms with Crippen molar-refractivity contribution in [3.63, 3.8) is 0 Å². The van der Waals surface area contributed by atoms with E-state index in [-0.39, 0.29) is 11.4 Å². The number of carboxylic acids is 1. The summed E-state index contributed by atoms with van der Waals surface area (Å²) in [6.45, 7) is 3.96. The first kappa shape index (κ1) is 15.0. The SMILES string of the molecule is Cc1cc(C)c(C(=O)O)c(NCCc2ccccc2F)n1. The first-order valence-electron chi connectivity index (χ1n) is 6.68. The predicted molar refractivity (Wildman–Crippen MR) is 79.3 cm³/mol. The Hall–Kier alpha value is -2.43. The quantitative estimate of drug-likeness (QED) is 0.887. The summed E-state index contributed by atoms with van der Waals surface area (Å²) in [5, 5.41) is 12.3. The van der Waals surface area contributed by atoms with Crippen LogP contribution in [0.25, 0.3) is 0 Å². The molecule has 0 aliphatic rings. The van der Waals surface area contributed by atoms with E-state index >= 15 is 0 Å². The van der Waals surface area contributed by atoms with Crippen LogP contribution in [0.3, 0.4) is 0 Å². The highest BCUT2D eigenvalue weighted by Crippen LogP contribution is 2.19. The fraction of sp³-hybridized carbons (Fsp3) is 0.250. The number of halogens is 1. The second-order valence-corrected chi connectivity index (χ2v) is 4.88. The number of benzene rings is 1. The van der Waals surface area contributed by atoms with Crippen LogP contribution in [0.15, 0.2) is 30.3 Å². The molecule has 110 valence electrons. The fourth-order valence-electron chi connectivity index (χ4n) is 2.25. The van der Waals surface area contributed by atoms with Gasteiger partial charge in [-0.1, -0.05) is 18.2 Å². The molecule has 1 heterocycles. The predicted octanol–water partition coefficient (Wildman–Crippen LogP) is 3.19. The van der Waals surface area contributed by atoms with Crippen LogP contribution in [-0.4, -0.2) is 22.6 Å². The molecule has 0 saturated heterocycles. The first-order chi connectivity index (χ1) is 9.99. The molecule has 0 atom stereocenters. The second kappa shape index (κ2) is 6.35. The molecule has 2 N–H and O–H groups in total. The summed E-state index contributed by atoms with van der Waals surface area (Å²) in [4.78, 5) is 15.5. The van der Waals surface area contributed by atoms with Crippen LogP contribution in [-0.2, 0) is 6.42 Å². The Kier molecular flexibility index (Phi) is 4.52. The maximum Gasteiger partial charge on any atom is 0.339 e. The monoisotopic (exact) mass is 288 g/mol. The number of nitrogens with zero attached hydrogens (tertiary/aromatic N) is 1. The highest BCUT2D eigenvalue weighted by molar-refractivity contribution is 5.94. The smallest absolute Gasteiger partial charge is 0.339 e. The summed E-state index contributed by atoms with van der Waals surface area (Å²) in [6.07, 6.45) is 0.459. The number of rotatable bonds is 5. The van der Waals surface area contributed by atoms with Crippen LogP contribution in [0.4, 0.5) is 10.2 Å². The van der Waals surface area contributed by atoms with Gasteiger partial charge in [-0.25, -0.2) is 14.2 Å². The van der Waals surface area contributed by atoms with Crippen molar-refractivity contribution >= 4 is 11.8 Å². The zero-order valence-corrected chi connectivity index (χ0v) is 12.0.